The Morgan fingerprint density at radius 2 is 2.17 bits per heavy atom. The van der Waals surface area contributed by atoms with Crippen molar-refractivity contribution in [2.24, 2.45) is 16.7 Å². The van der Waals surface area contributed by atoms with Crippen molar-refractivity contribution in [3.05, 3.63) is 11.1 Å². The first-order valence-corrected chi connectivity index (χ1v) is 6.69. The highest BCUT2D eigenvalue weighted by atomic mass is 16.5. The Labute approximate surface area is 109 Å². The third kappa shape index (κ3) is 1.51. The van der Waals surface area contributed by atoms with Crippen molar-refractivity contribution in [2.45, 2.75) is 47.0 Å². The van der Waals surface area contributed by atoms with Gasteiger partial charge in [-0.05, 0) is 48.5 Å². The average Bonchev–Trinajstić information content (AvgIpc) is 2.63. The minimum Gasteiger partial charge on any atom is -0.462 e. The van der Waals surface area contributed by atoms with Crippen LogP contribution in [0.3, 0.4) is 0 Å². The predicted octanol–water partition coefficient (Wildman–Crippen LogP) is 3.22. The lowest BCUT2D eigenvalue weighted by Gasteiger charge is -2.35. The van der Waals surface area contributed by atoms with Gasteiger partial charge in [-0.2, -0.15) is 5.26 Å². The maximum absolute atomic E-state index is 11.9. The summed E-state index contributed by atoms with van der Waals surface area (Å²) < 4.78 is 5.01. The molecule has 0 radical (unpaired) electrons. The van der Waals surface area contributed by atoms with E-state index in [0.29, 0.717) is 12.5 Å². The highest BCUT2D eigenvalue weighted by Gasteiger charge is 2.60. The molecule has 2 saturated carbocycles. The van der Waals surface area contributed by atoms with Crippen LogP contribution in [0.25, 0.3) is 0 Å². The second-order valence-corrected chi connectivity index (χ2v) is 6.18. The Bertz CT molecular complexity index is 456. The molecule has 18 heavy (non-hydrogen) atoms. The molecular formula is C15H21NO2. The topological polar surface area (TPSA) is 50.1 Å². The summed E-state index contributed by atoms with van der Waals surface area (Å²) in [7, 11) is 0. The molecular weight excluding hydrogens is 226 g/mol. The monoisotopic (exact) mass is 247 g/mol. The number of esters is 1. The Hall–Kier alpha value is -1.30. The second-order valence-electron chi connectivity index (χ2n) is 6.18. The van der Waals surface area contributed by atoms with Crippen LogP contribution in [0.15, 0.2) is 11.1 Å². The Balaban J connectivity index is 2.46. The molecule has 2 fully saturated rings. The molecule has 0 spiro atoms. The number of nitrogens with zero attached hydrogens (tertiary/aromatic N) is 1. The lowest BCUT2D eigenvalue weighted by atomic mass is 9.68. The summed E-state index contributed by atoms with van der Waals surface area (Å²) >= 11 is 0. The van der Waals surface area contributed by atoms with Crippen LogP contribution in [0.4, 0.5) is 0 Å². The summed E-state index contributed by atoms with van der Waals surface area (Å²) in [6.45, 7) is 8.81. The van der Waals surface area contributed by atoms with E-state index in [2.05, 4.69) is 26.8 Å². The van der Waals surface area contributed by atoms with Crippen molar-refractivity contribution in [2.75, 3.05) is 6.61 Å². The Morgan fingerprint density at radius 1 is 1.50 bits per heavy atom. The van der Waals surface area contributed by atoms with Gasteiger partial charge in [-0.15, -0.1) is 0 Å². The zero-order valence-corrected chi connectivity index (χ0v) is 11.7. The molecule has 2 atom stereocenters. The fourth-order valence-electron chi connectivity index (χ4n) is 3.78. The summed E-state index contributed by atoms with van der Waals surface area (Å²) in [4.78, 5) is 11.9. The van der Waals surface area contributed by atoms with Crippen LogP contribution in [0, 0.1) is 28.1 Å². The predicted molar refractivity (Wildman–Crippen MR) is 68.5 cm³/mol. The van der Waals surface area contributed by atoms with E-state index in [0.717, 1.165) is 18.4 Å². The van der Waals surface area contributed by atoms with E-state index < -0.39 is 5.97 Å². The van der Waals surface area contributed by atoms with Gasteiger partial charge in [0.15, 0.2) is 0 Å². The van der Waals surface area contributed by atoms with E-state index in [1.165, 1.54) is 6.42 Å². The highest BCUT2D eigenvalue weighted by Crippen LogP contribution is 2.68. The van der Waals surface area contributed by atoms with E-state index in [4.69, 9.17) is 4.74 Å². The van der Waals surface area contributed by atoms with Crippen molar-refractivity contribution >= 4 is 5.97 Å². The molecule has 3 heteroatoms. The van der Waals surface area contributed by atoms with E-state index in [-0.39, 0.29) is 16.4 Å². The van der Waals surface area contributed by atoms with Crippen LogP contribution >= 0.6 is 0 Å². The van der Waals surface area contributed by atoms with E-state index in [9.17, 15) is 10.1 Å². The summed E-state index contributed by atoms with van der Waals surface area (Å²) in [6.07, 6.45) is 3.16. The van der Waals surface area contributed by atoms with Crippen molar-refractivity contribution < 1.29 is 9.53 Å². The van der Waals surface area contributed by atoms with Gasteiger partial charge in [0.2, 0.25) is 0 Å². The molecule has 0 aromatic rings. The molecule has 2 rings (SSSR count). The molecule has 0 N–H and O–H groups in total. The first-order chi connectivity index (χ1) is 8.38. The number of carbonyl (C=O) groups is 1. The van der Waals surface area contributed by atoms with Gasteiger partial charge in [0, 0.05) is 0 Å². The van der Waals surface area contributed by atoms with Crippen molar-refractivity contribution in [3.8, 4) is 6.07 Å². The maximum Gasteiger partial charge on any atom is 0.348 e. The lowest BCUT2D eigenvalue weighted by Crippen LogP contribution is -2.29. The van der Waals surface area contributed by atoms with Gasteiger partial charge in [-0.3, -0.25) is 0 Å². The van der Waals surface area contributed by atoms with Gasteiger partial charge in [0.25, 0.3) is 0 Å². The number of hydrogen-bond donors (Lipinski definition) is 0. The molecule has 0 heterocycles. The van der Waals surface area contributed by atoms with Gasteiger partial charge < -0.3 is 4.74 Å². The van der Waals surface area contributed by atoms with Crippen LogP contribution in [-0.4, -0.2) is 12.6 Å². The van der Waals surface area contributed by atoms with Gasteiger partial charge >= 0.3 is 5.97 Å². The highest BCUT2D eigenvalue weighted by molar-refractivity contribution is 5.94. The van der Waals surface area contributed by atoms with E-state index >= 15 is 0 Å². The third-order valence-electron chi connectivity index (χ3n) is 5.45. The first kappa shape index (κ1) is 13.1. The number of hydrogen-bond acceptors (Lipinski definition) is 3. The smallest absolute Gasteiger partial charge is 0.348 e. The van der Waals surface area contributed by atoms with Gasteiger partial charge in [-0.1, -0.05) is 20.8 Å². The molecule has 3 nitrogen and oxygen atoms in total. The molecule has 0 aromatic heterocycles. The number of nitriles is 1. The Morgan fingerprint density at radius 3 is 2.56 bits per heavy atom. The van der Waals surface area contributed by atoms with Crippen molar-refractivity contribution in [1.82, 2.24) is 0 Å². The minimum absolute atomic E-state index is 0.0184. The molecule has 0 aliphatic heterocycles. The standard InChI is InChI=1S/C15H21NO2/c1-5-18-13(17)11(9-16)12-8-10-6-7-15(12,4)14(10,2)3/h10H,5-8H2,1-4H3/b12-11-/t10-,15+/m1/s1. The van der Waals surface area contributed by atoms with E-state index in [1.807, 2.05) is 0 Å². The summed E-state index contributed by atoms with van der Waals surface area (Å²) in [5.74, 6) is 0.148. The average molecular weight is 247 g/mol. The molecule has 2 aliphatic carbocycles. The van der Waals surface area contributed by atoms with Crippen LogP contribution < -0.4 is 0 Å². The fourth-order valence-corrected chi connectivity index (χ4v) is 3.78. The lowest BCUT2D eigenvalue weighted by molar-refractivity contribution is -0.138. The number of ether oxygens (including phenoxy) is 1. The minimum atomic E-state index is -0.445. The zero-order valence-electron chi connectivity index (χ0n) is 11.7. The molecule has 0 saturated heterocycles. The molecule has 98 valence electrons. The van der Waals surface area contributed by atoms with Gasteiger partial charge in [-0.25, -0.2) is 4.79 Å². The van der Waals surface area contributed by atoms with Crippen molar-refractivity contribution in [1.29, 1.82) is 5.26 Å². The molecule has 2 bridgehead atoms. The maximum atomic E-state index is 11.9. The van der Waals surface area contributed by atoms with Crippen LogP contribution in [0.5, 0.6) is 0 Å². The fraction of sp³-hybridized carbons (Fsp3) is 0.733. The SMILES string of the molecule is CCOC(=O)/C(C#N)=C1/C[C@H]2CC[C@]1(C)C2(C)C. The number of carbonyl (C=O) groups excluding carboxylic acids is 1. The number of rotatable bonds is 2. The third-order valence-corrected chi connectivity index (χ3v) is 5.45. The van der Waals surface area contributed by atoms with Gasteiger partial charge in [0.05, 0.1) is 6.61 Å². The Kier molecular flexibility index (Phi) is 3.01. The first-order valence-electron chi connectivity index (χ1n) is 6.69. The number of allylic oxidation sites excluding steroid dienone is 1. The largest absolute Gasteiger partial charge is 0.462 e. The van der Waals surface area contributed by atoms with Crippen LogP contribution in [0.2, 0.25) is 0 Å². The van der Waals surface area contributed by atoms with Crippen molar-refractivity contribution in [3.63, 3.8) is 0 Å². The second kappa shape index (κ2) is 4.12. The molecule has 0 aromatic carbocycles. The van der Waals surface area contributed by atoms with Gasteiger partial charge in [0.1, 0.15) is 11.6 Å². The molecule has 2 aliphatic rings. The van der Waals surface area contributed by atoms with Crippen LogP contribution in [0.1, 0.15) is 47.0 Å². The summed E-state index contributed by atoms with van der Waals surface area (Å²) in [5, 5.41) is 9.29. The van der Waals surface area contributed by atoms with E-state index in [1.54, 1.807) is 6.92 Å². The molecule has 0 amide bonds. The summed E-state index contributed by atoms with van der Waals surface area (Å²) in [6, 6.07) is 2.08. The van der Waals surface area contributed by atoms with Crippen LogP contribution in [-0.2, 0) is 9.53 Å². The number of fused-ring (bicyclic) bond motifs is 2. The molecule has 0 unspecified atom stereocenters. The zero-order chi connectivity index (χ0) is 13.6. The summed E-state index contributed by atoms with van der Waals surface area (Å²) in [5.41, 5.74) is 1.45. The quantitative estimate of drug-likeness (QED) is 0.427. The normalized spacial score (nSPS) is 35.2.